The van der Waals surface area contributed by atoms with Gasteiger partial charge in [-0.1, -0.05) is 37.3 Å². The molecule has 0 bridgehead atoms. The highest BCUT2D eigenvalue weighted by Crippen LogP contribution is 2.01. The smallest absolute Gasteiger partial charge is 0.00761 e. The topological polar surface area (TPSA) is 38.0 Å². The van der Waals surface area contributed by atoms with Crippen molar-refractivity contribution in [1.29, 1.82) is 0 Å². The molecular weight excluding hydrogens is 220 g/mol. The van der Waals surface area contributed by atoms with Crippen molar-refractivity contribution in [3.05, 3.63) is 35.9 Å². The third-order valence-electron chi connectivity index (χ3n) is 2.17. The van der Waals surface area contributed by atoms with Crippen molar-refractivity contribution in [2.24, 2.45) is 5.73 Å². The van der Waals surface area contributed by atoms with Crippen molar-refractivity contribution in [2.45, 2.75) is 32.7 Å². The average molecular weight is 245 g/mol. The summed E-state index contributed by atoms with van der Waals surface area (Å²) in [5.41, 5.74) is 6.43. The first-order chi connectivity index (χ1) is 7.24. The SMILES string of the molecule is CCCN.CN[C@@H](C)Cc1ccccc1.Cl. The molecule has 3 heteroatoms. The maximum absolute atomic E-state index is 5.03. The highest BCUT2D eigenvalue weighted by atomic mass is 35.5. The number of nitrogens with two attached hydrogens (primary N) is 1. The zero-order valence-electron chi connectivity index (χ0n) is 10.6. The van der Waals surface area contributed by atoms with Gasteiger partial charge in [0, 0.05) is 6.04 Å². The second kappa shape index (κ2) is 12.5. The van der Waals surface area contributed by atoms with Crippen molar-refractivity contribution in [3.63, 3.8) is 0 Å². The predicted molar refractivity (Wildman–Crippen MR) is 75.3 cm³/mol. The summed E-state index contributed by atoms with van der Waals surface area (Å²) in [6.07, 6.45) is 2.21. The molecule has 0 aliphatic carbocycles. The summed E-state index contributed by atoms with van der Waals surface area (Å²) in [5.74, 6) is 0. The number of likely N-dealkylation sites (N-methyl/N-ethyl adjacent to an activating group) is 1. The maximum atomic E-state index is 5.03. The molecule has 0 fully saturated rings. The number of benzene rings is 1. The fraction of sp³-hybridized carbons (Fsp3) is 0.538. The lowest BCUT2D eigenvalue weighted by molar-refractivity contribution is 0.608. The van der Waals surface area contributed by atoms with Gasteiger partial charge in [-0.25, -0.2) is 0 Å². The molecule has 0 amide bonds. The van der Waals surface area contributed by atoms with Gasteiger partial charge in [-0.3, -0.25) is 0 Å². The Morgan fingerprint density at radius 2 is 1.75 bits per heavy atom. The molecule has 16 heavy (non-hydrogen) atoms. The van der Waals surface area contributed by atoms with E-state index in [9.17, 15) is 0 Å². The second-order valence-electron chi connectivity index (χ2n) is 3.67. The Bertz CT molecular complexity index is 225. The molecule has 3 N–H and O–H groups in total. The zero-order chi connectivity index (χ0) is 11.5. The van der Waals surface area contributed by atoms with Crippen molar-refractivity contribution in [3.8, 4) is 0 Å². The number of hydrogen-bond acceptors (Lipinski definition) is 2. The second-order valence-corrected chi connectivity index (χ2v) is 3.67. The van der Waals surface area contributed by atoms with E-state index in [1.807, 2.05) is 13.1 Å². The van der Waals surface area contributed by atoms with E-state index in [1.165, 1.54) is 5.56 Å². The van der Waals surface area contributed by atoms with Gasteiger partial charge in [0.1, 0.15) is 0 Å². The standard InChI is InChI=1S/C10H15N.C3H9N.ClH/c1-9(11-2)8-10-6-4-3-5-7-10;1-2-3-4;/h3-7,9,11H,8H2,1-2H3;2-4H2,1H3;1H/t9-;;/m0../s1. The van der Waals surface area contributed by atoms with Crippen molar-refractivity contribution in [1.82, 2.24) is 5.32 Å². The van der Waals surface area contributed by atoms with Crippen LogP contribution in [-0.4, -0.2) is 19.6 Å². The van der Waals surface area contributed by atoms with Crippen LogP contribution >= 0.6 is 12.4 Å². The fourth-order valence-electron chi connectivity index (χ4n) is 1.07. The quantitative estimate of drug-likeness (QED) is 0.855. The Morgan fingerprint density at radius 1 is 1.25 bits per heavy atom. The molecule has 0 saturated heterocycles. The molecular formula is C13H25ClN2. The molecule has 0 aliphatic heterocycles. The summed E-state index contributed by atoms with van der Waals surface area (Å²) in [7, 11) is 1.99. The highest BCUT2D eigenvalue weighted by Gasteiger charge is 1.97. The van der Waals surface area contributed by atoms with Crippen LogP contribution in [0.3, 0.4) is 0 Å². The minimum atomic E-state index is 0. The molecule has 2 nitrogen and oxygen atoms in total. The van der Waals surface area contributed by atoms with Crippen LogP contribution in [-0.2, 0) is 6.42 Å². The molecule has 0 spiro atoms. The highest BCUT2D eigenvalue weighted by molar-refractivity contribution is 5.85. The van der Waals surface area contributed by atoms with Gasteiger partial charge in [0.15, 0.2) is 0 Å². The lowest BCUT2D eigenvalue weighted by Crippen LogP contribution is -2.23. The Labute approximate surface area is 106 Å². The van der Waals surface area contributed by atoms with E-state index in [0.29, 0.717) is 6.04 Å². The molecule has 0 unspecified atom stereocenters. The van der Waals surface area contributed by atoms with E-state index in [1.54, 1.807) is 0 Å². The first-order valence-corrected chi connectivity index (χ1v) is 5.65. The molecule has 94 valence electrons. The van der Waals surface area contributed by atoms with Crippen molar-refractivity contribution >= 4 is 12.4 Å². The van der Waals surface area contributed by atoms with Gasteiger partial charge >= 0.3 is 0 Å². The first kappa shape index (κ1) is 17.8. The van der Waals surface area contributed by atoms with E-state index in [0.717, 1.165) is 19.4 Å². The van der Waals surface area contributed by atoms with Gasteiger partial charge in [-0.05, 0) is 38.9 Å². The Balaban J connectivity index is 0. The number of rotatable bonds is 4. The van der Waals surface area contributed by atoms with Crippen LogP contribution in [0.2, 0.25) is 0 Å². The molecule has 0 radical (unpaired) electrons. The Kier molecular flexibility index (Phi) is 13.9. The van der Waals surface area contributed by atoms with E-state index < -0.39 is 0 Å². The van der Waals surface area contributed by atoms with Crippen molar-refractivity contribution < 1.29 is 0 Å². The van der Waals surface area contributed by atoms with Crippen LogP contribution < -0.4 is 11.1 Å². The molecule has 0 heterocycles. The summed E-state index contributed by atoms with van der Waals surface area (Å²) in [6, 6.07) is 11.1. The summed E-state index contributed by atoms with van der Waals surface area (Å²) >= 11 is 0. The van der Waals surface area contributed by atoms with Crippen LogP contribution in [0.25, 0.3) is 0 Å². The first-order valence-electron chi connectivity index (χ1n) is 5.65. The van der Waals surface area contributed by atoms with E-state index >= 15 is 0 Å². The molecule has 1 rings (SSSR count). The minimum absolute atomic E-state index is 0. The van der Waals surface area contributed by atoms with Crippen LogP contribution in [0, 0.1) is 0 Å². The fourth-order valence-corrected chi connectivity index (χ4v) is 1.07. The van der Waals surface area contributed by atoms with E-state index in [2.05, 4.69) is 43.4 Å². The molecule has 0 aromatic heterocycles. The molecule has 1 aromatic rings. The van der Waals surface area contributed by atoms with Crippen LogP contribution in [0.5, 0.6) is 0 Å². The van der Waals surface area contributed by atoms with Gasteiger partial charge in [-0.15, -0.1) is 12.4 Å². The largest absolute Gasteiger partial charge is 0.330 e. The van der Waals surface area contributed by atoms with Crippen LogP contribution in [0.1, 0.15) is 25.8 Å². The Hall–Kier alpha value is -0.570. The van der Waals surface area contributed by atoms with Gasteiger partial charge in [-0.2, -0.15) is 0 Å². The third kappa shape index (κ3) is 9.97. The number of halogens is 1. The minimum Gasteiger partial charge on any atom is -0.330 e. The average Bonchev–Trinajstić information content (AvgIpc) is 2.30. The molecule has 0 saturated carbocycles. The molecule has 1 atom stereocenters. The molecule has 0 aliphatic rings. The van der Waals surface area contributed by atoms with Crippen LogP contribution in [0.4, 0.5) is 0 Å². The number of nitrogens with one attached hydrogen (secondary N) is 1. The number of hydrogen-bond donors (Lipinski definition) is 2. The summed E-state index contributed by atoms with van der Waals surface area (Å²) < 4.78 is 0. The third-order valence-corrected chi connectivity index (χ3v) is 2.17. The van der Waals surface area contributed by atoms with E-state index in [4.69, 9.17) is 5.73 Å². The summed E-state index contributed by atoms with van der Waals surface area (Å²) in [5, 5.41) is 3.21. The summed E-state index contributed by atoms with van der Waals surface area (Å²) in [6.45, 7) is 5.06. The van der Waals surface area contributed by atoms with Gasteiger partial charge < -0.3 is 11.1 Å². The lowest BCUT2D eigenvalue weighted by atomic mass is 10.1. The van der Waals surface area contributed by atoms with Gasteiger partial charge in [0.05, 0.1) is 0 Å². The van der Waals surface area contributed by atoms with Crippen molar-refractivity contribution in [2.75, 3.05) is 13.6 Å². The van der Waals surface area contributed by atoms with E-state index in [-0.39, 0.29) is 12.4 Å². The normalized spacial score (nSPS) is 10.8. The lowest BCUT2D eigenvalue weighted by Gasteiger charge is -2.08. The van der Waals surface area contributed by atoms with Gasteiger partial charge in [0.2, 0.25) is 0 Å². The summed E-state index contributed by atoms with van der Waals surface area (Å²) in [4.78, 5) is 0. The predicted octanol–water partition coefficient (Wildman–Crippen LogP) is 2.61. The van der Waals surface area contributed by atoms with Crippen LogP contribution in [0.15, 0.2) is 30.3 Å². The zero-order valence-corrected chi connectivity index (χ0v) is 11.4. The monoisotopic (exact) mass is 244 g/mol. The van der Waals surface area contributed by atoms with Gasteiger partial charge in [0.25, 0.3) is 0 Å². The Morgan fingerprint density at radius 3 is 2.12 bits per heavy atom. The molecule has 1 aromatic carbocycles. The maximum Gasteiger partial charge on any atom is 0.00761 e.